The highest BCUT2D eigenvalue weighted by Gasteiger charge is 2.19. The Balaban J connectivity index is 3.56. The summed E-state index contributed by atoms with van der Waals surface area (Å²) in [5, 5.41) is 22.9. The molecule has 0 saturated carbocycles. The van der Waals surface area contributed by atoms with Gasteiger partial charge in [-0.25, -0.2) is 0 Å². The fourth-order valence-corrected chi connectivity index (χ4v) is 6.26. The molecule has 0 rings (SSSR count). The van der Waals surface area contributed by atoms with Crippen LogP contribution in [0, 0.1) is 0 Å². The van der Waals surface area contributed by atoms with E-state index in [1.807, 2.05) is 0 Å². The van der Waals surface area contributed by atoms with Crippen molar-refractivity contribution in [1.29, 1.82) is 0 Å². The second kappa shape index (κ2) is 40.8. The zero-order valence-electron chi connectivity index (χ0n) is 33.6. The van der Waals surface area contributed by atoms with E-state index in [9.17, 15) is 19.8 Å². The van der Waals surface area contributed by atoms with E-state index in [0.29, 0.717) is 25.9 Å². The van der Waals surface area contributed by atoms with Crippen LogP contribution in [0.2, 0.25) is 0 Å². The van der Waals surface area contributed by atoms with Gasteiger partial charge >= 0.3 is 5.97 Å². The van der Waals surface area contributed by atoms with Gasteiger partial charge < -0.3 is 20.3 Å². The number of rotatable bonds is 39. The van der Waals surface area contributed by atoms with Crippen molar-refractivity contribution >= 4 is 11.9 Å². The summed E-state index contributed by atoms with van der Waals surface area (Å²) in [6.07, 6.45) is 46.8. The molecular formula is C45H83NO5. The highest BCUT2D eigenvalue weighted by Crippen LogP contribution is 2.14. The summed E-state index contributed by atoms with van der Waals surface area (Å²) in [5.74, 6) is -0.152. The highest BCUT2D eigenvalue weighted by molar-refractivity contribution is 5.76. The van der Waals surface area contributed by atoms with Gasteiger partial charge in [-0.3, -0.25) is 9.59 Å². The molecule has 0 spiro atoms. The van der Waals surface area contributed by atoms with Crippen LogP contribution in [-0.2, 0) is 14.3 Å². The molecule has 6 heteroatoms. The van der Waals surface area contributed by atoms with Crippen molar-refractivity contribution in [2.75, 3.05) is 13.2 Å². The molecule has 51 heavy (non-hydrogen) atoms. The van der Waals surface area contributed by atoms with Gasteiger partial charge in [0.1, 0.15) is 0 Å². The number of aliphatic hydroxyl groups is 2. The molecule has 0 fully saturated rings. The molecule has 1 amide bonds. The SMILES string of the molecule is CCCCCC/C=C\C/C=C\CCCCCCCC(=O)OCCCCCC/C=C\CCCC(=O)NC(CO)C(O)CCCCCCCCCCC. The van der Waals surface area contributed by atoms with E-state index in [2.05, 4.69) is 55.6 Å². The molecule has 6 nitrogen and oxygen atoms in total. The summed E-state index contributed by atoms with van der Waals surface area (Å²) in [7, 11) is 0. The van der Waals surface area contributed by atoms with Crippen LogP contribution in [0.15, 0.2) is 36.5 Å². The minimum Gasteiger partial charge on any atom is -0.466 e. The van der Waals surface area contributed by atoms with Crippen molar-refractivity contribution in [2.45, 2.75) is 225 Å². The van der Waals surface area contributed by atoms with Gasteiger partial charge in [0.05, 0.1) is 25.4 Å². The number of aliphatic hydroxyl groups excluding tert-OH is 2. The van der Waals surface area contributed by atoms with Crippen LogP contribution >= 0.6 is 0 Å². The Morgan fingerprint density at radius 1 is 0.549 bits per heavy atom. The lowest BCUT2D eigenvalue weighted by Gasteiger charge is -2.22. The molecule has 298 valence electrons. The molecule has 0 bridgehead atoms. The largest absolute Gasteiger partial charge is 0.466 e. The van der Waals surface area contributed by atoms with Crippen LogP contribution in [0.3, 0.4) is 0 Å². The summed E-state index contributed by atoms with van der Waals surface area (Å²) in [5.41, 5.74) is 0. The van der Waals surface area contributed by atoms with Crippen LogP contribution in [0.4, 0.5) is 0 Å². The first kappa shape index (κ1) is 49.1. The third-order valence-corrected chi connectivity index (χ3v) is 9.66. The molecule has 2 atom stereocenters. The van der Waals surface area contributed by atoms with E-state index in [1.54, 1.807) is 0 Å². The van der Waals surface area contributed by atoms with Crippen molar-refractivity contribution in [1.82, 2.24) is 5.32 Å². The average molecular weight is 718 g/mol. The zero-order chi connectivity index (χ0) is 37.3. The van der Waals surface area contributed by atoms with Crippen LogP contribution in [0.25, 0.3) is 0 Å². The lowest BCUT2D eigenvalue weighted by Crippen LogP contribution is -2.45. The number of amides is 1. The van der Waals surface area contributed by atoms with Crippen LogP contribution in [0.1, 0.15) is 213 Å². The topological polar surface area (TPSA) is 95.9 Å². The number of carbonyl (C=O) groups excluding carboxylic acids is 2. The van der Waals surface area contributed by atoms with Crippen molar-refractivity contribution in [3.8, 4) is 0 Å². The van der Waals surface area contributed by atoms with Gasteiger partial charge in [-0.1, -0.05) is 159 Å². The number of ether oxygens (including phenoxy) is 1. The quantitative estimate of drug-likeness (QED) is 0.0334. The maximum absolute atomic E-state index is 12.3. The number of nitrogens with one attached hydrogen (secondary N) is 1. The predicted molar refractivity (Wildman–Crippen MR) is 218 cm³/mol. The maximum atomic E-state index is 12.3. The Bertz CT molecular complexity index is 838. The second-order valence-corrected chi connectivity index (χ2v) is 14.7. The minimum absolute atomic E-state index is 0.0508. The molecule has 0 aliphatic heterocycles. The first-order valence-corrected chi connectivity index (χ1v) is 21.7. The van der Waals surface area contributed by atoms with Gasteiger partial charge in [0, 0.05) is 12.8 Å². The second-order valence-electron chi connectivity index (χ2n) is 14.7. The number of unbranched alkanes of at least 4 members (excludes halogenated alkanes) is 22. The molecule has 0 radical (unpaired) electrons. The fourth-order valence-electron chi connectivity index (χ4n) is 6.26. The molecule has 0 heterocycles. The fraction of sp³-hybridized carbons (Fsp3) is 0.822. The number of hydrogen-bond donors (Lipinski definition) is 3. The molecule has 0 saturated heterocycles. The Morgan fingerprint density at radius 2 is 1.00 bits per heavy atom. The first-order chi connectivity index (χ1) is 25.0. The molecule has 0 aliphatic rings. The lowest BCUT2D eigenvalue weighted by molar-refractivity contribution is -0.143. The number of allylic oxidation sites excluding steroid dienone is 6. The average Bonchev–Trinajstić information content (AvgIpc) is 3.13. The van der Waals surface area contributed by atoms with E-state index in [4.69, 9.17) is 4.74 Å². The van der Waals surface area contributed by atoms with Crippen LogP contribution < -0.4 is 5.32 Å². The predicted octanol–water partition coefficient (Wildman–Crippen LogP) is 12.2. The van der Waals surface area contributed by atoms with Gasteiger partial charge in [0.25, 0.3) is 0 Å². The summed E-state index contributed by atoms with van der Waals surface area (Å²) < 4.78 is 5.42. The van der Waals surface area contributed by atoms with Gasteiger partial charge in [0.15, 0.2) is 0 Å². The smallest absolute Gasteiger partial charge is 0.305 e. The molecular weight excluding hydrogens is 634 g/mol. The van der Waals surface area contributed by atoms with E-state index < -0.39 is 12.1 Å². The molecule has 0 aromatic heterocycles. The standard InChI is InChI=1S/C45H83NO5/c1-3-5-7-9-11-13-14-15-16-17-18-19-23-27-31-35-39-45(50)51-40-36-32-28-24-20-22-26-30-34-38-44(49)46-42(41-47)43(48)37-33-29-25-21-12-10-8-6-4-2/h13-14,16-17,22,26,42-43,47-48H,3-12,15,18-21,23-25,27-41H2,1-2H3,(H,46,49)/b14-13-,17-16-,26-22-. The first-order valence-electron chi connectivity index (χ1n) is 21.7. The van der Waals surface area contributed by atoms with Crippen molar-refractivity contribution in [3.63, 3.8) is 0 Å². The Labute approximate surface area is 315 Å². The summed E-state index contributed by atoms with van der Waals surface area (Å²) in [6, 6.07) is -0.578. The molecule has 2 unspecified atom stereocenters. The third kappa shape index (κ3) is 37.6. The highest BCUT2D eigenvalue weighted by atomic mass is 16.5. The monoisotopic (exact) mass is 718 g/mol. The van der Waals surface area contributed by atoms with Crippen molar-refractivity contribution in [2.24, 2.45) is 0 Å². The van der Waals surface area contributed by atoms with Gasteiger partial charge in [-0.15, -0.1) is 0 Å². The minimum atomic E-state index is -0.694. The Morgan fingerprint density at radius 3 is 1.57 bits per heavy atom. The lowest BCUT2D eigenvalue weighted by atomic mass is 10.0. The summed E-state index contributed by atoms with van der Waals surface area (Å²) in [4.78, 5) is 24.3. The Hall–Kier alpha value is -1.92. The number of carbonyl (C=O) groups is 2. The van der Waals surface area contributed by atoms with Crippen molar-refractivity contribution < 1.29 is 24.5 Å². The maximum Gasteiger partial charge on any atom is 0.305 e. The molecule has 0 aromatic rings. The molecule has 0 aromatic carbocycles. The number of hydrogen-bond acceptors (Lipinski definition) is 5. The van der Waals surface area contributed by atoms with E-state index >= 15 is 0 Å². The number of esters is 1. The Kier molecular flexibility index (Phi) is 39.3. The molecule has 3 N–H and O–H groups in total. The summed E-state index contributed by atoms with van der Waals surface area (Å²) in [6.45, 7) is 4.79. The third-order valence-electron chi connectivity index (χ3n) is 9.66. The zero-order valence-corrected chi connectivity index (χ0v) is 33.6. The van der Waals surface area contributed by atoms with Gasteiger partial charge in [-0.05, 0) is 77.0 Å². The van der Waals surface area contributed by atoms with E-state index in [0.717, 1.165) is 83.5 Å². The summed E-state index contributed by atoms with van der Waals surface area (Å²) >= 11 is 0. The van der Waals surface area contributed by atoms with Gasteiger partial charge in [0.2, 0.25) is 5.91 Å². The van der Waals surface area contributed by atoms with E-state index in [1.165, 1.54) is 96.3 Å². The van der Waals surface area contributed by atoms with Crippen LogP contribution in [-0.4, -0.2) is 47.4 Å². The van der Waals surface area contributed by atoms with Crippen LogP contribution in [0.5, 0.6) is 0 Å². The van der Waals surface area contributed by atoms with E-state index in [-0.39, 0.29) is 18.5 Å². The van der Waals surface area contributed by atoms with Gasteiger partial charge in [-0.2, -0.15) is 0 Å². The molecule has 0 aliphatic carbocycles. The normalized spacial score (nSPS) is 13.1. The van der Waals surface area contributed by atoms with Crippen molar-refractivity contribution in [3.05, 3.63) is 36.5 Å².